The lowest BCUT2D eigenvalue weighted by atomic mass is 10.1. The predicted octanol–water partition coefficient (Wildman–Crippen LogP) is 1.50. The van der Waals surface area contributed by atoms with Crippen molar-refractivity contribution in [2.75, 3.05) is 13.7 Å². The van der Waals surface area contributed by atoms with Crippen LogP contribution in [-0.2, 0) is 6.42 Å². The molecule has 0 aliphatic carbocycles. The number of nitrogens with two attached hydrogens (primary N) is 1. The number of methoxy groups -OCH3 is 1. The van der Waals surface area contributed by atoms with Crippen molar-refractivity contribution in [2.24, 2.45) is 5.73 Å². The van der Waals surface area contributed by atoms with Gasteiger partial charge in [0.25, 0.3) is 0 Å². The predicted molar refractivity (Wildman–Crippen MR) is 50.5 cm³/mol. The second kappa shape index (κ2) is 4.12. The fourth-order valence-electron chi connectivity index (χ4n) is 1.21. The Kier molecular flexibility index (Phi) is 3.11. The molecule has 0 aliphatic heterocycles. The van der Waals surface area contributed by atoms with Gasteiger partial charge in [0.1, 0.15) is 5.75 Å². The molecule has 0 aliphatic rings. The smallest absolute Gasteiger partial charge is 0.122 e. The molecule has 0 atom stereocenters. The highest BCUT2D eigenvalue weighted by molar-refractivity contribution is 5.37. The third-order valence-corrected chi connectivity index (χ3v) is 1.86. The Morgan fingerprint density at radius 1 is 1.42 bits per heavy atom. The number of hydrogen-bond donors (Lipinski definition) is 1. The van der Waals surface area contributed by atoms with Gasteiger partial charge in [-0.05, 0) is 37.1 Å². The molecule has 2 heteroatoms. The van der Waals surface area contributed by atoms with E-state index in [0.29, 0.717) is 6.54 Å². The van der Waals surface area contributed by atoms with E-state index in [9.17, 15) is 0 Å². The summed E-state index contributed by atoms with van der Waals surface area (Å²) in [6, 6.07) is 6.18. The maximum atomic E-state index is 5.47. The van der Waals surface area contributed by atoms with Gasteiger partial charge in [-0.15, -0.1) is 0 Å². The summed E-state index contributed by atoms with van der Waals surface area (Å²) >= 11 is 0. The van der Waals surface area contributed by atoms with Gasteiger partial charge in [-0.3, -0.25) is 0 Å². The van der Waals surface area contributed by atoms with E-state index in [2.05, 4.69) is 19.1 Å². The Morgan fingerprint density at radius 3 is 2.75 bits per heavy atom. The quantitative estimate of drug-likeness (QED) is 0.736. The van der Waals surface area contributed by atoms with E-state index >= 15 is 0 Å². The van der Waals surface area contributed by atoms with Gasteiger partial charge in [0, 0.05) is 0 Å². The molecule has 0 amide bonds. The van der Waals surface area contributed by atoms with Crippen LogP contribution in [0.2, 0.25) is 0 Å². The summed E-state index contributed by atoms with van der Waals surface area (Å²) in [5.74, 6) is 0.945. The maximum absolute atomic E-state index is 5.47. The van der Waals surface area contributed by atoms with E-state index in [-0.39, 0.29) is 0 Å². The summed E-state index contributed by atoms with van der Waals surface area (Å²) in [6.45, 7) is 2.72. The number of aryl methyl sites for hydroxylation is 1. The zero-order valence-corrected chi connectivity index (χ0v) is 7.63. The maximum Gasteiger partial charge on any atom is 0.122 e. The van der Waals surface area contributed by atoms with Crippen LogP contribution in [0, 0.1) is 6.92 Å². The van der Waals surface area contributed by atoms with Crippen molar-refractivity contribution in [3.63, 3.8) is 0 Å². The van der Waals surface area contributed by atoms with E-state index < -0.39 is 0 Å². The second-order valence-corrected chi connectivity index (χ2v) is 2.85. The zero-order chi connectivity index (χ0) is 8.97. The normalized spacial score (nSPS) is 9.92. The van der Waals surface area contributed by atoms with Crippen LogP contribution in [0.5, 0.6) is 5.75 Å². The van der Waals surface area contributed by atoms with Crippen molar-refractivity contribution >= 4 is 0 Å². The van der Waals surface area contributed by atoms with Crippen LogP contribution in [0.1, 0.15) is 11.1 Å². The van der Waals surface area contributed by atoms with Gasteiger partial charge in [-0.25, -0.2) is 0 Å². The topological polar surface area (TPSA) is 35.2 Å². The first kappa shape index (κ1) is 9.07. The minimum Gasteiger partial charge on any atom is -0.496 e. The van der Waals surface area contributed by atoms with Gasteiger partial charge in [-0.2, -0.15) is 0 Å². The number of benzene rings is 1. The molecular weight excluding hydrogens is 150 g/mol. The van der Waals surface area contributed by atoms with Crippen LogP contribution < -0.4 is 10.5 Å². The number of ether oxygens (including phenoxy) is 1. The van der Waals surface area contributed by atoms with E-state index in [1.807, 2.05) is 6.07 Å². The van der Waals surface area contributed by atoms with Gasteiger partial charge in [0.2, 0.25) is 0 Å². The van der Waals surface area contributed by atoms with Crippen molar-refractivity contribution in [2.45, 2.75) is 13.3 Å². The minimum atomic E-state index is 0.666. The third-order valence-electron chi connectivity index (χ3n) is 1.86. The zero-order valence-electron chi connectivity index (χ0n) is 7.63. The molecule has 1 rings (SSSR count). The Hall–Kier alpha value is -1.02. The minimum absolute atomic E-state index is 0.666. The first-order valence-corrected chi connectivity index (χ1v) is 4.11. The van der Waals surface area contributed by atoms with Gasteiger partial charge in [0.15, 0.2) is 0 Å². The van der Waals surface area contributed by atoms with Crippen molar-refractivity contribution in [3.8, 4) is 5.75 Å². The van der Waals surface area contributed by atoms with Gasteiger partial charge >= 0.3 is 0 Å². The van der Waals surface area contributed by atoms with Crippen molar-refractivity contribution in [3.05, 3.63) is 29.3 Å². The van der Waals surface area contributed by atoms with Crippen LogP contribution in [0.3, 0.4) is 0 Å². The highest BCUT2D eigenvalue weighted by Crippen LogP contribution is 2.19. The van der Waals surface area contributed by atoms with Gasteiger partial charge in [-0.1, -0.05) is 12.1 Å². The summed E-state index contributed by atoms with van der Waals surface area (Å²) in [5, 5.41) is 0. The monoisotopic (exact) mass is 165 g/mol. The first-order chi connectivity index (χ1) is 5.77. The molecule has 1 aromatic carbocycles. The van der Waals surface area contributed by atoms with Crippen molar-refractivity contribution in [1.29, 1.82) is 0 Å². The molecule has 0 saturated carbocycles. The molecule has 2 nitrogen and oxygen atoms in total. The largest absolute Gasteiger partial charge is 0.496 e. The fraction of sp³-hybridized carbons (Fsp3) is 0.400. The lowest BCUT2D eigenvalue weighted by molar-refractivity contribution is 0.409. The Labute approximate surface area is 73.3 Å². The summed E-state index contributed by atoms with van der Waals surface area (Å²) in [4.78, 5) is 0. The molecule has 0 saturated heterocycles. The van der Waals surface area contributed by atoms with Crippen LogP contribution in [-0.4, -0.2) is 13.7 Å². The summed E-state index contributed by atoms with van der Waals surface area (Å²) in [5.41, 5.74) is 7.87. The molecule has 0 radical (unpaired) electrons. The molecule has 0 fully saturated rings. The van der Waals surface area contributed by atoms with Gasteiger partial charge in [0.05, 0.1) is 7.11 Å². The average molecular weight is 165 g/mol. The molecule has 0 bridgehead atoms. The summed E-state index contributed by atoms with van der Waals surface area (Å²) in [6.07, 6.45) is 0.878. The molecule has 0 heterocycles. The highest BCUT2D eigenvalue weighted by atomic mass is 16.5. The van der Waals surface area contributed by atoms with E-state index in [4.69, 9.17) is 10.5 Å². The molecule has 0 spiro atoms. The van der Waals surface area contributed by atoms with E-state index in [0.717, 1.165) is 12.2 Å². The average Bonchev–Trinajstić information content (AvgIpc) is 2.08. The third kappa shape index (κ3) is 1.98. The second-order valence-electron chi connectivity index (χ2n) is 2.85. The van der Waals surface area contributed by atoms with Crippen LogP contribution in [0.25, 0.3) is 0 Å². The number of hydrogen-bond acceptors (Lipinski definition) is 2. The van der Waals surface area contributed by atoms with Crippen LogP contribution >= 0.6 is 0 Å². The fourth-order valence-corrected chi connectivity index (χ4v) is 1.21. The number of rotatable bonds is 3. The molecular formula is C10H15NO. The lowest BCUT2D eigenvalue weighted by Crippen LogP contribution is -2.04. The Balaban J connectivity index is 2.94. The lowest BCUT2D eigenvalue weighted by Gasteiger charge is -2.07. The Morgan fingerprint density at radius 2 is 2.17 bits per heavy atom. The molecule has 2 N–H and O–H groups in total. The molecule has 1 aromatic rings. The van der Waals surface area contributed by atoms with Crippen molar-refractivity contribution in [1.82, 2.24) is 0 Å². The summed E-state index contributed by atoms with van der Waals surface area (Å²) in [7, 11) is 1.69. The van der Waals surface area contributed by atoms with E-state index in [1.165, 1.54) is 11.1 Å². The molecule has 0 unspecified atom stereocenters. The van der Waals surface area contributed by atoms with E-state index in [1.54, 1.807) is 7.11 Å². The van der Waals surface area contributed by atoms with Crippen LogP contribution in [0.4, 0.5) is 0 Å². The van der Waals surface area contributed by atoms with Gasteiger partial charge < -0.3 is 10.5 Å². The summed E-state index contributed by atoms with van der Waals surface area (Å²) < 4.78 is 5.22. The highest BCUT2D eigenvalue weighted by Gasteiger charge is 2.00. The van der Waals surface area contributed by atoms with Crippen LogP contribution in [0.15, 0.2) is 18.2 Å². The van der Waals surface area contributed by atoms with Crippen molar-refractivity contribution < 1.29 is 4.74 Å². The Bertz CT molecular complexity index is 258. The standard InChI is InChI=1S/C10H15NO/c1-8-3-4-9(5-6-11)10(7-8)12-2/h3-4,7H,5-6,11H2,1-2H3. The molecule has 12 heavy (non-hydrogen) atoms. The SMILES string of the molecule is COc1cc(C)ccc1CCN. The molecule has 66 valence electrons. The molecule has 0 aromatic heterocycles. The first-order valence-electron chi connectivity index (χ1n) is 4.11.